The molecule has 2 N–H and O–H groups in total. The van der Waals surface area contributed by atoms with E-state index >= 15 is 0 Å². The lowest BCUT2D eigenvalue weighted by Crippen LogP contribution is -2.35. The molecule has 1 aliphatic carbocycles. The van der Waals surface area contributed by atoms with Gasteiger partial charge in [-0.2, -0.15) is 0 Å². The Morgan fingerprint density at radius 2 is 1.95 bits per heavy atom. The number of hydrogen-bond donors (Lipinski definition) is 2. The fourth-order valence-electron chi connectivity index (χ4n) is 3.14. The topological polar surface area (TPSA) is 66.4 Å². The average molecular weight is 283 g/mol. The number of carbonyl (C=O) groups excluding carboxylic acids is 1. The Morgan fingerprint density at radius 1 is 1.30 bits per heavy atom. The standard InChI is InChI=1S/C16H29NO3/c1-3-6-14(10-13-7-4-5-8-13)16(20)17-11-12(2)9-15(18)19/h12-14H,3-11H2,1-2H3,(H,17,20)(H,18,19). The summed E-state index contributed by atoms with van der Waals surface area (Å²) in [4.78, 5) is 22.9. The summed E-state index contributed by atoms with van der Waals surface area (Å²) < 4.78 is 0. The van der Waals surface area contributed by atoms with Gasteiger partial charge in [-0.15, -0.1) is 0 Å². The summed E-state index contributed by atoms with van der Waals surface area (Å²) in [5.74, 6) is 0.137. The zero-order valence-electron chi connectivity index (χ0n) is 12.9. The predicted molar refractivity (Wildman–Crippen MR) is 79.4 cm³/mol. The van der Waals surface area contributed by atoms with Gasteiger partial charge in [0.05, 0.1) is 0 Å². The van der Waals surface area contributed by atoms with Crippen LogP contribution in [0, 0.1) is 17.8 Å². The molecule has 4 nitrogen and oxygen atoms in total. The molecule has 0 aliphatic heterocycles. The van der Waals surface area contributed by atoms with Crippen molar-refractivity contribution in [3.8, 4) is 0 Å². The maximum Gasteiger partial charge on any atom is 0.303 e. The van der Waals surface area contributed by atoms with Crippen molar-refractivity contribution in [2.45, 2.75) is 65.2 Å². The van der Waals surface area contributed by atoms with E-state index in [0.29, 0.717) is 12.5 Å². The second kappa shape index (κ2) is 8.98. The first-order chi connectivity index (χ1) is 9.52. The van der Waals surface area contributed by atoms with Gasteiger partial charge in [-0.05, 0) is 24.7 Å². The minimum atomic E-state index is -0.803. The lowest BCUT2D eigenvalue weighted by atomic mass is 9.89. The van der Waals surface area contributed by atoms with Crippen LogP contribution in [0.2, 0.25) is 0 Å². The fourth-order valence-corrected chi connectivity index (χ4v) is 3.14. The Bertz CT molecular complexity index is 311. The van der Waals surface area contributed by atoms with Gasteiger partial charge in [0.15, 0.2) is 0 Å². The highest BCUT2D eigenvalue weighted by atomic mass is 16.4. The average Bonchev–Trinajstić information content (AvgIpc) is 2.87. The minimum Gasteiger partial charge on any atom is -0.481 e. The maximum absolute atomic E-state index is 12.3. The molecule has 0 aromatic rings. The lowest BCUT2D eigenvalue weighted by molar-refractivity contribution is -0.138. The number of rotatable bonds is 9. The molecule has 0 aromatic heterocycles. The molecule has 1 fully saturated rings. The van der Waals surface area contributed by atoms with Gasteiger partial charge in [-0.25, -0.2) is 0 Å². The molecule has 0 spiro atoms. The van der Waals surface area contributed by atoms with Gasteiger partial charge in [-0.3, -0.25) is 9.59 Å². The molecule has 1 amide bonds. The molecular weight excluding hydrogens is 254 g/mol. The number of aliphatic carboxylic acids is 1. The second-order valence-electron chi connectivity index (χ2n) is 6.32. The summed E-state index contributed by atoms with van der Waals surface area (Å²) in [6, 6.07) is 0. The third-order valence-corrected chi connectivity index (χ3v) is 4.25. The van der Waals surface area contributed by atoms with Crippen LogP contribution in [0.3, 0.4) is 0 Å². The lowest BCUT2D eigenvalue weighted by Gasteiger charge is -2.20. The number of amides is 1. The van der Waals surface area contributed by atoms with Crippen molar-refractivity contribution < 1.29 is 14.7 Å². The van der Waals surface area contributed by atoms with Crippen LogP contribution in [0.15, 0.2) is 0 Å². The van der Waals surface area contributed by atoms with Crippen LogP contribution >= 0.6 is 0 Å². The Hall–Kier alpha value is -1.06. The predicted octanol–water partition coefficient (Wildman–Crippen LogP) is 3.21. The van der Waals surface area contributed by atoms with Gasteiger partial charge in [0.2, 0.25) is 5.91 Å². The third-order valence-electron chi connectivity index (χ3n) is 4.25. The van der Waals surface area contributed by atoms with E-state index < -0.39 is 5.97 Å². The summed E-state index contributed by atoms with van der Waals surface area (Å²) in [5.41, 5.74) is 0. The summed E-state index contributed by atoms with van der Waals surface area (Å²) in [6.45, 7) is 4.44. The molecule has 0 heterocycles. The molecule has 2 atom stereocenters. The zero-order chi connectivity index (χ0) is 15.0. The van der Waals surface area contributed by atoms with E-state index in [-0.39, 0.29) is 24.2 Å². The Kier molecular flexibility index (Phi) is 7.63. The molecule has 0 saturated heterocycles. The van der Waals surface area contributed by atoms with Gasteiger partial charge < -0.3 is 10.4 Å². The summed E-state index contributed by atoms with van der Waals surface area (Å²) in [5, 5.41) is 11.7. The summed E-state index contributed by atoms with van der Waals surface area (Å²) in [7, 11) is 0. The van der Waals surface area contributed by atoms with Crippen LogP contribution in [0.25, 0.3) is 0 Å². The molecule has 2 unspecified atom stereocenters. The highest BCUT2D eigenvalue weighted by Crippen LogP contribution is 2.31. The molecule has 1 rings (SSSR count). The molecule has 4 heteroatoms. The van der Waals surface area contributed by atoms with E-state index in [4.69, 9.17) is 5.11 Å². The van der Waals surface area contributed by atoms with Crippen molar-refractivity contribution in [3.63, 3.8) is 0 Å². The first-order valence-electron chi connectivity index (χ1n) is 8.02. The van der Waals surface area contributed by atoms with Gasteiger partial charge >= 0.3 is 5.97 Å². The van der Waals surface area contributed by atoms with E-state index in [2.05, 4.69) is 12.2 Å². The van der Waals surface area contributed by atoms with Gasteiger partial charge in [0, 0.05) is 18.9 Å². The minimum absolute atomic E-state index is 0.00907. The fraction of sp³-hybridized carbons (Fsp3) is 0.875. The van der Waals surface area contributed by atoms with Crippen LogP contribution in [0.4, 0.5) is 0 Å². The number of hydrogen-bond acceptors (Lipinski definition) is 2. The summed E-state index contributed by atoms with van der Waals surface area (Å²) in [6.07, 6.45) is 8.23. The summed E-state index contributed by atoms with van der Waals surface area (Å²) >= 11 is 0. The second-order valence-corrected chi connectivity index (χ2v) is 6.32. The van der Waals surface area contributed by atoms with E-state index in [1.165, 1.54) is 25.7 Å². The van der Waals surface area contributed by atoms with E-state index in [1.807, 2.05) is 6.92 Å². The third kappa shape index (κ3) is 6.40. The quantitative estimate of drug-likeness (QED) is 0.683. The first kappa shape index (κ1) is 17.0. The highest BCUT2D eigenvalue weighted by Gasteiger charge is 2.24. The molecular formula is C16H29NO3. The maximum atomic E-state index is 12.3. The Morgan fingerprint density at radius 3 is 2.50 bits per heavy atom. The number of nitrogens with one attached hydrogen (secondary N) is 1. The van der Waals surface area contributed by atoms with Gasteiger partial charge in [0.25, 0.3) is 0 Å². The zero-order valence-corrected chi connectivity index (χ0v) is 12.9. The van der Waals surface area contributed by atoms with Crippen LogP contribution in [-0.4, -0.2) is 23.5 Å². The molecule has 1 aliphatic rings. The number of carboxylic acids is 1. The molecule has 20 heavy (non-hydrogen) atoms. The molecule has 0 aromatic carbocycles. The van der Waals surface area contributed by atoms with Crippen molar-refractivity contribution in [3.05, 3.63) is 0 Å². The van der Waals surface area contributed by atoms with E-state index in [1.54, 1.807) is 0 Å². The van der Waals surface area contributed by atoms with Crippen molar-refractivity contribution in [1.82, 2.24) is 5.32 Å². The Balaban J connectivity index is 2.36. The molecule has 116 valence electrons. The van der Waals surface area contributed by atoms with Crippen molar-refractivity contribution in [2.24, 2.45) is 17.8 Å². The first-order valence-corrected chi connectivity index (χ1v) is 8.02. The number of carboxylic acid groups (broad SMARTS) is 1. The van der Waals surface area contributed by atoms with Gasteiger partial charge in [0.1, 0.15) is 0 Å². The Labute approximate surface area is 122 Å². The van der Waals surface area contributed by atoms with Crippen molar-refractivity contribution in [1.29, 1.82) is 0 Å². The molecule has 0 bridgehead atoms. The van der Waals surface area contributed by atoms with Crippen molar-refractivity contribution >= 4 is 11.9 Å². The normalized spacial score (nSPS) is 18.7. The van der Waals surface area contributed by atoms with Crippen LogP contribution in [0.5, 0.6) is 0 Å². The number of carbonyl (C=O) groups is 2. The van der Waals surface area contributed by atoms with E-state index in [0.717, 1.165) is 19.3 Å². The van der Waals surface area contributed by atoms with Crippen molar-refractivity contribution in [2.75, 3.05) is 6.54 Å². The van der Waals surface area contributed by atoms with Crippen LogP contribution in [0.1, 0.15) is 65.2 Å². The SMILES string of the molecule is CCCC(CC1CCCC1)C(=O)NCC(C)CC(=O)O. The smallest absolute Gasteiger partial charge is 0.303 e. The van der Waals surface area contributed by atoms with Crippen LogP contribution < -0.4 is 5.32 Å². The van der Waals surface area contributed by atoms with E-state index in [9.17, 15) is 9.59 Å². The molecule has 0 radical (unpaired) electrons. The van der Waals surface area contributed by atoms with Crippen LogP contribution in [-0.2, 0) is 9.59 Å². The monoisotopic (exact) mass is 283 g/mol. The molecule has 1 saturated carbocycles. The highest BCUT2D eigenvalue weighted by molar-refractivity contribution is 5.78. The van der Waals surface area contributed by atoms with Gasteiger partial charge in [-0.1, -0.05) is 46.0 Å². The largest absolute Gasteiger partial charge is 0.481 e.